The van der Waals surface area contributed by atoms with Crippen molar-refractivity contribution < 1.29 is 14.3 Å². The van der Waals surface area contributed by atoms with Gasteiger partial charge in [-0.05, 0) is 11.6 Å². The highest BCUT2D eigenvalue weighted by Gasteiger charge is 2.25. The van der Waals surface area contributed by atoms with Crippen LogP contribution < -0.4 is 0 Å². The Balaban J connectivity index is 1.80. The van der Waals surface area contributed by atoms with Gasteiger partial charge in [0.2, 0.25) is 0 Å². The predicted octanol–water partition coefficient (Wildman–Crippen LogP) is 3.47. The molecule has 1 fully saturated rings. The minimum Gasteiger partial charge on any atom is -0.490 e. The van der Waals surface area contributed by atoms with E-state index in [0.29, 0.717) is 31.7 Å². The van der Waals surface area contributed by atoms with E-state index in [1.165, 1.54) is 0 Å². The standard InChI is InChI=1S/C20H23N3O3/c1-3-18(13-17(14-21)22-2)26-19-9-11-23(12-10-19)20(24)25-15-16-7-5-4-6-8-16/h3-8,13,19H,1,9-12,15H2,2H3/b18-13+,22-17+. The lowest BCUT2D eigenvalue weighted by molar-refractivity contribution is 0.0418. The summed E-state index contributed by atoms with van der Waals surface area (Å²) in [5, 5.41) is 8.93. The Morgan fingerprint density at radius 1 is 1.38 bits per heavy atom. The molecular weight excluding hydrogens is 330 g/mol. The molecule has 1 aliphatic rings. The Bertz CT molecular complexity index is 712. The lowest BCUT2D eigenvalue weighted by Gasteiger charge is -2.31. The molecule has 6 nitrogen and oxygen atoms in total. The van der Waals surface area contributed by atoms with Gasteiger partial charge in [0, 0.05) is 39.1 Å². The Morgan fingerprint density at radius 3 is 2.65 bits per heavy atom. The highest BCUT2D eigenvalue weighted by atomic mass is 16.6. The zero-order valence-electron chi connectivity index (χ0n) is 14.9. The van der Waals surface area contributed by atoms with E-state index >= 15 is 0 Å². The van der Waals surface area contributed by atoms with Crippen molar-refractivity contribution in [3.8, 4) is 6.07 Å². The largest absolute Gasteiger partial charge is 0.490 e. The minimum atomic E-state index is -0.309. The molecule has 0 N–H and O–H groups in total. The highest BCUT2D eigenvalue weighted by molar-refractivity contribution is 6.07. The number of ether oxygens (including phenoxy) is 2. The lowest BCUT2D eigenvalue weighted by atomic mass is 10.1. The first-order chi connectivity index (χ1) is 12.7. The second kappa shape index (κ2) is 10.0. The van der Waals surface area contributed by atoms with Gasteiger partial charge in [0.25, 0.3) is 0 Å². The van der Waals surface area contributed by atoms with Crippen molar-refractivity contribution in [2.75, 3.05) is 20.1 Å². The van der Waals surface area contributed by atoms with Gasteiger partial charge in [-0.2, -0.15) is 5.26 Å². The quantitative estimate of drug-likeness (QED) is 0.446. The van der Waals surface area contributed by atoms with E-state index in [1.807, 2.05) is 36.4 Å². The summed E-state index contributed by atoms with van der Waals surface area (Å²) in [5.41, 5.74) is 1.24. The Kier molecular flexibility index (Phi) is 7.44. The van der Waals surface area contributed by atoms with Gasteiger partial charge in [-0.25, -0.2) is 4.79 Å². The molecule has 26 heavy (non-hydrogen) atoms. The van der Waals surface area contributed by atoms with Crippen molar-refractivity contribution in [1.29, 1.82) is 5.26 Å². The number of rotatable bonds is 6. The normalized spacial score (nSPS) is 15.9. The molecule has 0 aliphatic carbocycles. The Labute approximate surface area is 154 Å². The van der Waals surface area contributed by atoms with Gasteiger partial charge in [-0.3, -0.25) is 4.99 Å². The zero-order valence-corrected chi connectivity index (χ0v) is 14.9. The fraction of sp³-hybridized carbons (Fsp3) is 0.350. The van der Waals surface area contributed by atoms with Crippen molar-refractivity contribution in [2.24, 2.45) is 4.99 Å². The highest BCUT2D eigenvalue weighted by Crippen LogP contribution is 2.18. The number of hydrogen-bond acceptors (Lipinski definition) is 5. The summed E-state index contributed by atoms with van der Waals surface area (Å²) in [6, 6.07) is 11.6. The third-order valence-corrected chi connectivity index (χ3v) is 4.04. The molecule has 1 heterocycles. The molecule has 0 atom stereocenters. The number of amides is 1. The van der Waals surface area contributed by atoms with Crippen LogP contribution in [-0.2, 0) is 16.1 Å². The van der Waals surface area contributed by atoms with Crippen molar-refractivity contribution in [3.63, 3.8) is 0 Å². The number of allylic oxidation sites excluding steroid dienone is 2. The van der Waals surface area contributed by atoms with Crippen LogP contribution in [0.15, 0.2) is 59.8 Å². The molecule has 1 aromatic carbocycles. The van der Waals surface area contributed by atoms with Gasteiger partial charge in [0.1, 0.15) is 30.3 Å². The maximum atomic E-state index is 12.2. The molecule has 1 aromatic rings. The van der Waals surface area contributed by atoms with Crippen LogP contribution in [0.1, 0.15) is 18.4 Å². The number of benzene rings is 1. The first kappa shape index (κ1) is 19.3. The summed E-state index contributed by atoms with van der Waals surface area (Å²) in [6.45, 7) is 5.10. The molecule has 1 amide bonds. The van der Waals surface area contributed by atoms with E-state index in [9.17, 15) is 4.79 Å². The molecule has 0 radical (unpaired) electrons. The van der Waals surface area contributed by atoms with Crippen LogP contribution in [0.5, 0.6) is 0 Å². The molecule has 1 aliphatic heterocycles. The van der Waals surface area contributed by atoms with E-state index in [0.717, 1.165) is 5.56 Å². The summed E-state index contributed by atoms with van der Waals surface area (Å²) in [6.07, 6.45) is 4.16. The van der Waals surface area contributed by atoms with E-state index < -0.39 is 0 Å². The number of aliphatic imine (C=N–C) groups is 1. The zero-order chi connectivity index (χ0) is 18.8. The summed E-state index contributed by atoms with van der Waals surface area (Å²) in [4.78, 5) is 17.7. The maximum Gasteiger partial charge on any atom is 0.410 e. The topological polar surface area (TPSA) is 74.9 Å². The maximum absolute atomic E-state index is 12.2. The minimum absolute atomic E-state index is 0.0331. The third-order valence-electron chi connectivity index (χ3n) is 4.04. The predicted molar refractivity (Wildman–Crippen MR) is 99.6 cm³/mol. The SMILES string of the molecule is C=C/C(=C\C(C#N)=N/C)OC1CCN(C(=O)OCc2ccccc2)CC1. The van der Waals surface area contributed by atoms with Crippen molar-refractivity contribution in [3.05, 3.63) is 60.4 Å². The molecular formula is C20H23N3O3. The monoisotopic (exact) mass is 353 g/mol. The van der Waals surface area contributed by atoms with Crippen LogP contribution in [-0.4, -0.2) is 42.9 Å². The smallest absolute Gasteiger partial charge is 0.410 e. The number of carbonyl (C=O) groups is 1. The van der Waals surface area contributed by atoms with Gasteiger partial charge < -0.3 is 14.4 Å². The van der Waals surface area contributed by atoms with Crippen LogP contribution in [0, 0.1) is 11.3 Å². The molecule has 0 unspecified atom stereocenters. The lowest BCUT2D eigenvalue weighted by Crippen LogP contribution is -2.41. The van der Waals surface area contributed by atoms with Gasteiger partial charge >= 0.3 is 6.09 Å². The Hall–Kier alpha value is -3.07. The molecule has 1 saturated heterocycles. The average Bonchev–Trinajstić information content (AvgIpc) is 2.70. The number of nitrogens with zero attached hydrogens (tertiary/aromatic N) is 3. The average molecular weight is 353 g/mol. The fourth-order valence-corrected chi connectivity index (χ4v) is 2.58. The van der Waals surface area contributed by atoms with E-state index in [4.69, 9.17) is 14.7 Å². The van der Waals surface area contributed by atoms with Gasteiger partial charge in [-0.1, -0.05) is 36.9 Å². The van der Waals surface area contributed by atoms with E-state index in [2.05, 4.69) is 11.6 Å². The number of piperidine rings is 1. The van der Waals surface area contributed by atoms with Crippen molar-refractivity contribution >= 4 is 11.8 Å². The first-order valence-corrected chi connectivity index (χ1v) is 8.49. The molecule has 0 bridgehead atoms. The summed E-state index contributed by atoms with van der Waals surface area (Å²) >= 11 is 0. The van der Waals surface area contributed by atoms with Crippen LogP contribution in [0.4, 0.5) is 4.79 Å². The number of nitriles is 1. The van der Waals surface area contributed by atoms with Crippen molar-refractivity contribution in [2.45, 2.75) is 25.6 Å². The third kappa shape index (κ3) is 5.78. The second-order valence-corrected chi connectivity index (χ2v) is 5.82. The first-order valence-electron chi connectivity index (χ1n) is 8.49. The molecule has 0 saturated carbocycles. The second-order valence-electron chi connectivity index (χ2n) is 5.82. The van der Waals surface area contributed by atoms with Gasteiger partial charge in [0.05, 0.1) is 0 Å². The molecule has 136 valence electrons. The number of likely N-dealkylation sites (tertiary alicyclic amines) is 1. The van der Waals surface area contributed by atoms with Crippen molar-refractivity contribution in [1.82, 2.24) is 4.90 Å². The molecule has 2 rings (SSSR count). The molecule has 0 aromatic heterocycles. The van der Waals surface area contributed by atoms with Gasteiger partial charge in [0.15, 0.2) is 0 Å². The summed E-state index contributed by atoms with van der Waals surface area (Å²) in [7, 11) is 1.55. The Morgan fingerprint density at radius 2 is 2.08 bits per heavy atom. The van der Waals surface area contributed by atoms with Crippen LogP contribution >= 0.6 is 0 Å². The van der Waals surface area contributed by atoms with E-state index in [-0.39, 0.29) is 24.5 Å². The van der Waals surface area contributed by atoms with Crippen LogP contribution in [0.25, 0.3) is 0 Å². The fourth-order valence-electron chi connectivity index (χ4n) is 2.58. The van der Waals surface area contributed by atoms with E-state index in [1.54, 1.807) is 24.1 Å². The van der Waals surface area contributed by atoms with Gasteiger partial charge in [-0.15, -0.1) is 0 Å². The number of carbonyl (C=O) groups excluding carboxylic acids is 1. The molecule has 0 spiro atoms. The molecule has 6 heteroatoms. The number of hydrogen-bond donors (Lipinski definition) is 0. The van der Waals surface area contributed by atoms with Crippen LogP contribution in [0.2, 0.25) is 0 Å². The van der Waals surface area contributed by atoms with Crippen LogP contribution in [0.3, 0.4) is 0 Å². The summed E-state index contributed by atoms with van der Waals surface area (Å²) in [5.74, 6) is 0.511. The summed E-state index contributed by atoms with van der Waals surface area (Å²) < 4.78 is 11.2.